The molecule has 0 N–H and O–H groups in total. The van der Waals surface area contributed by atoms with Gasteiger partial charge in [0.25, 0.3) is 0 Å². The summed E-state index contributed by atoms with van der Waals surface area (Å²) in [6.45, 7) is 1.93. The third-order valence-corrected chi connectivity index (χ3v) is 2.85. The molecule has 0 aliphatic rings. The van der Waals surface area contributed by atoms with Crippen LogP contribution < -0.4 is 0 Å². The number of methoxy groups -OCH3 is 1. The molecule has 0 unspecified atom stereocenters. The molecule has 5 heteroatoms. The average molecular weight is 210 g/mol. The second kappa shape index (κ2) is 3.42. The fourth-order valence-corrected chi connectivity index (χ4v) is 2.21. The van der Waals surface area contributed by atoms with E-state index >= 15 is 0 Å². The van der Waals surface area contributed by atoms with Gasteiger partial charge in [0.1, 0.15) is 0 Å². The van der Waals surface area contributed by atoms with Crippen LogP contribution in [0.2, 0.25) is 0 Å². The van der Waals surface area contributed by atoms with Gasteiger partial charge in [-0.1, -0.05) is 0 Å². The first kappa shape index (κ1) is 9.21. The van der Waals surface area contributed by atoms with Gasteiger partial charge < -0.3 is 4.74 Å². The van der Waals surface area contributed by atoms with Crippen LogP contribution >= 0.6 is 11.3 Å². The number of imidazole rings is 1. The summed E-state index contributed by atoms with van der Waals surface area (Å²) in [7, 11) is 1.39. The van der Waals surface area contributed by atoms with Crippen LogP contribution in [0.1, 0.15) is 11.4 Å². The molecular weight excluding hydrogens is 200 g/mol. The molecule has 14 heavy (non-hydrogen) atoms. The van der Waals surface area contributed by atoms with Crippen molar-refractivity contribution in [1.29, 1.82) is 0 Å². The lowest BCUT2D eigenvalue weighted by molar-refractivity contribution is -0.139. The summed E-state index contributed by atoms with van der Waals surface area (Å²) in [6, 6.07) is 0. The summed E-state index contributed by atoms with van der Waals surface area (Å²) in [6.07, 6.45) is 2.22. The van der Waals surface area contributed by atoms with Crippen LogP contribution in [0.5, 0.6) is 0 Å². The lowest BCUT2D eigenvalue weighted by Gasteiger charge is -1.96. The Balaban J connectivity index is 2.37. The van der Waals surface area contributed by atoms with Gasteiger partial charge >= 0.3 is 5.97 Å². The number of thiazole rings is 1. The smallest absolute Gasteiger partial charge is 0.311 e. The van der Waals surface area contributed by atoms with E-state index < -0.39 is 0 Å². The molecular formula is C9H10N2O2S. The predicted molar refractivity (Wildman–Crippen MR) is 53.5 cm³/mol. The SMILES string of the molecule is COC(=O)Cc1csc2nc(C)cn12. The van der Waals surface area contributed by atoms with Crippen molar-refractivity contribution in [2.45, 2.75) is 13.3 Å². The third-order valence-electron chi connectivity index (χ3n) is 1.96. The van der Waals surface area contributed by atoms with Crippen molar-refractivity contribution < 1.29 is 9.53 Å². The van der Waals surface area contributed by atoms with Gasteiger partial charge in [0.2, 0.25) is 0 Å². The normalized spacial score (nSPS) is 10.7. The predicted octanol–water partition coefficient (Wildman–Crippen LogP) is 1.42. The van der Waals surface area contributed by atoms with Crippen molar-refractivity contribution in [3.8, 4) is 0 Å². The van der Waals surface area contributed by atoms with Crippen LogP contribution in [0.25, 0.3) is 4.96 Å². The van der Waals surface area contributed by atoms with Crippen molar-refractivity contribution in [3.05, 3.63) is 23.0 Å². The Hall–Kier alpha value is -1.36. The minimum Gasteiger partial charge on any atom is -0.469 e. The first-order valence-corrected chi connectivity index (χ1v) is 5.07. The van der Waals surface area contributed by atoms with Gasteiger partial charge in [-0.3, -0.25) is 9.20 Å². The van der Waals surface area contributed by atoms with Gasteiger partial charge in [-0.15, -0.1) is 11.3 Å². The van der Waals surface area contributed by atoms with Crippen molar-refractivity contribution in [2.24, 2.45) is 0 Å². The molecule has 0 saturated carbocycles. The Morgan fingerprint density at radius 1 is 1.71 bits per heavy atom. The number of fused-ring (bicyclic) bond motifs is 1. The molecule has 0 fully saturated rings. The monoisotopic (exact) mass is 210 g/mol. The summed E-state index contributed by atoms with van der Waals surface area (Å²) in [4.78, 5) is 16.3. The zero-order valence-electron chi connectivity index (χ0n) is 7.98. The van der Waals surface area contributed by atoms with Crippen molar-refractivity contribution >= 4 is 22.3 Å². The van der Waals surface area contributed by atoms with Gasteiger partial charge in [-0.05, 0) is 6.92 Å². The molecule has 0 aliphatic heterocycles. The van der Waals surface area contributed by atoms with Gasteiger partial charge in [-0.25, -0.2) is 4.98 Å². The standard InChI is InChI=1S/C9H10N2O2S/c1-6-4-11-7(3-8(12)13-2)5-14-9(11)10-6/h4-5H,3H2,1-2H3. The Kier molecular flexibility index (Phi) is 2.25. The second-order valence-electron chi connectivity index (χ2n) is 3.01. The summed E-state index contributed by atoms with van der Waals surface area (Å²) in [5.74, 6) is -0.226. The molecule has 0 bridgehead atoms. The minimum absolute atomic E-state index is 0.226. The van der Waals surface area contributed by atoms with Crippen LogP contribution in [-0.2, 0) is 16.0 Å². The molecule has 0 atom stereocenters. The molecule has 4 nitrogen and oxygen atoms in total. The number of ether oxygens (including phenoxy) is 1. The summed E-state index contributed by atoms with van der Waals surface area (Å²) >= 11 is 1.53. The van der Waals surface area contributed by atoms with E-state index in [1.807, 2.05) is 22.9 Å². The zero-order chi connectivity index (χ0) is 10.1. The van der Waals surface area contributed by atoms with E-state index in [0.717, 1.165) is 16.3 Å². The zero-order valence-corrected chi connectivity index (χ0v) is 8.80. The van der Waals surface area contributed by atoms with Gasteiger partial charge in [-0.2, -0.15) is 0 Å². The maximum atomic E-state index is 11.1. The maximum absolute atomic E-state index is 11.1. The Bertz CT molecular complexity index is 472. The molecule has 2 aromatic rings. The van der Waals surface area contributed by atoms with Crippen LogP contribution in [0.3, 0.4) is 0 Å². The van der Waals surface area contributed by atoms with Crippen LogP contribution in [0, 0.1) is 6.92 Å². The van der Waals surface area contributed by atoms with E-state index in [0.29, 0.717) is 6.42 Å². The van der Waals surface area contributed by atoms with Crippen molar-refractivity contribution in [3.63, 3.8) is 0 Å². The van der Waals surface area contributed by atoms with Gasteiger partial charge in [0.15, 0.2) is 4.96 Å². The number of carbonyl (C=O) groups excluding carboxylic acids is 1. The number of hydrogen-bond donors (Lipinski definition) is 0. The maximum Gasteiger partial charge on any atom is 0.311 e. The Morgan fingerprint density at radius 3 is 3.21 bits per heavy atom. The van der Waals surface area contributed by atoms with E-state index in [1.165, 1.54) is 18.4 Å². The molecule has 2 aromatic heterocycles. The van der Waals surface area contributed by atoms with Gasteiger partial charge in [0.05, 0.1) is 19.2 Å². The topological polar surface area (TPSA) is 43.6 Å². The molecule has 0 radical (unpaired) electrons. The van der Waals surface area contributed by atoms with E-state index in [9.17, 15) is 4.79 Å². The Labute approximate surface area is 85.1 Å². The number of hydrogen-bond acceptors (Lipinski definition) is 4. The van der Waals surface area contributed by atoms with Crippen LogP contribution in [-0.4, -0.2) is 22.5 Å². The highest BCUT2D eigenvalue weighted by Gasteiger charge is 2.09. The second-order valence-corrected chi connectivity index (χ2v) is 3.85. The van der Waals surface area contributed by atoms with E-state index in [2.05, 4.69) is 9.72 Å². The first-order chi connectivity index (χ1) is 6.70. The number of carbonyl (C=O) groups is 1. The van der Waals surface area contributed by atoms with Crippen LogP contribution in [0.15, 0.2) is 11.6 Å². The molecule has 0 amide bonds. The highest BCUT2D eigenvalue weighted by atomic mass is 32.1. The molecule has 2 rings (SSSR count). The van der Waals surface area contributed by atoms with Crippen LogP contribution in [0.4, 0.5) is 0 Å². The number of aromatic nitrogens is 2. The summed E-state index contributed by atoms with van der Waals surface area (Å²) in [5.41, 5.74) is 1.89. The largest absolute Gasteiger partial charge is 0.469 e. The molecule has 0 saturated heterocycles. The fraction of sp³-hybridized carbons (Fsp3) is 0.333. The molecule has 74 valence electrons. The lowest BCUT2D eigenvalue weighted by Crippen LogP contribution is -2.05. The first-order valence-electron chi connectivity index (χ1n) is 4.19. The molecule has 0 aromatic carbocycles. The quantitative estimate of drug-likeness (QED) is 0.704. The number of rotatable bonds is 2. The van der Waals surface area contributed by atoms with E-state index in [1.54, 1.807) is 0 Å². The van der Waals surface area contributed by atoms with E-state index in [-0.39, 0.29) is 5.97 Å². The average Bonchev–Trinajstić information content (AvgIpc) is 2.67. The third kappa shape index (κ3) is 1.50. The number of esters is 1. The Morgan fingerprint density at radius 2 is 2.50 bits per heavy atom. The minimum atomic E-state index is -0.226. The summed E-state index contributed by atoms with van der Waals surface area (Å²) in [5, 5.41) is 1.93. The van der Waals surface area contributed by atoms with Gasteiger partial charge in [0, 0.05) is 17.3 Å². The molecule has 0 aliphatic carbocycles. The summed E-state index contributed by atoms with van der Waals surface area (Å²) < 4.78 is 6.54. The fourth-order valence-electron chi connectivity index (χ4n) is 1.29. The molecule has 0 spiro atoms. The van der Waals surface area contributed by atoms with E-state index in [4.69, 9.17) is 0 Å². The lowest BCUT2D eigenvalue weighted by atomic mass is 10.3. The number of aryl methyl sites for hydroxylation is 1. The van der Waals surface area contributed by atoms with Crippen molar-refractivity contribution in [1.82, 2.24) is 9.38 Å². The number of nitrogens with zero attached hydrogens (tertiary/aromatic N) is 2. The van der Waals surface area contributed by atoms with Crippen molar-refractivity contribution in [2.75, 3.05) is 7.11 Å². The highest BCUT2D eigenvalue weighted by molar-refractivity contribution is 7.15. The highest BCUT2D eigenvalue weighted by Crippen LogP contribution is 2.16. The molecule has 2 heterocycles.